The van der Waals surface area contributed by atoms with Gasteiger partial charge in [-0.05, 0) is 17.7 Å². The maximum Gasteiger partial charge on any atom is 0.251 e. The number of halogens is 1. The molecule has 0 aliphatic carbocycles. The van der Waals surface area contributed by atoms with Gasteiger partial charge in [-0.25, -0.2) is 0 Å². The second-order valence-corrected chi connectivity index (χ2v) is 4.84. The van der Waals surface area contributed by atoms with Gasteiger partial charge in [-0.3, -0.25) is 4.79 Å². The standard InChI is InChI=1S/C15H14INO/c16-11-14(12-7-3-1-4-8-12)17-15(18)13-9-5-2-6-10-13/h1-10,14H,11H2,(H,17,18)/t14-/m0/s1. The summed E-state index contributed by atoms with van der Waals surface area (Å²) in [6.45, 7) is 0. The minimum absolute atomic E-state index is 0.0267. The SMILES string of the molecule is O=C(N[C@@H](CI)c1ccccc1)c1ccccc1. The van der Waals surface area contributed by atoms with Crippen LogP contribution >= 0.6 is 22.6 Å². The summed E-state index contributed by atoms with van der Waals surface area (Å²) in [5, 5.41) is 3.05. The predicted molar refractivity (Wildman–Crippen MR) is 82.0 cm³/mol. The molecule has 2 aromatic carbocycles. The lowest BCUT2D eigenvalue weighted by molar-refractivity contribution is 0.0941. The third kappa shape index (κ3) is 3.32. The van der Waals surface area contributed by atoms with Crippen molar-refractivity contribution < 1.29 is 4.79 Å². The number of nitrogens with one attached hydrogen (secondary N) is 1. The fourth-order valence-corrected chi connectivity index (χ4v) is 2.46. The molecule has 0 heterocycles. The second kappa shape index (κ2) is 6.54. The van der Waals surface area contributed by atoms with Crippen LogP contribution in [0.1, 0.15) is 22.0 Å². The summed E-state index contributed by atoms with van der Waals surface area (Å²) in [6, 6.07) is 19.4. The van der Waals surface area contributed by atoms with Gasteiger partial charge in [0.05, 0.1) is 6.04 Å². The van der Waals surface area contributed by atoms with Gasteiger partial charge in [0.25, 0.3) is 5.91 Å². The Morgan fingerprint density at radius 3 is 2.11 bits per heavy atom. The van der Waals surface area contributed by atoms with Crippen LogP contribution in [-0.2, 0) is 0 Å². The average Bonchev–Trinajstić information content (AvgIpc) is 2.46. The second-order valence-electron chi connectivity index (χ2n) is 3.96. The van der Waals surface area contributed by atoms with Crippen molar-refractivity contribution in [1.82, 2.24) is 5.32 Å². The van der Waals surface area contributed by atoms with Gasteiger partial charge in [0.2, 0.25) is 0 Å². The number of hydrogen-bond donors (Lipinski definition) is 1. The smallest absolute Gasteiger partial charge is 0.251 e. The predicted octanol–water partition coefficient (Wildman–Crippen LogP) is 3.59. The highest BCUT2D eigenvalue weighted by atomic mass is 127. The Labute approximate surface area is 121 Å². The Balaban J connectivity index is 2.10. The molecule has 0 spiro atoms. The van der Waals surface area contributed by atoms with Crippen LogP contribution in [0.4, 0.5) is 0 Å². The Bertz CT molecular complexity index is 498. The lowest BCUT2D eigenvalue weighted by Gasteiger charge is -2.16. The molecule has 0 saturated carbocycles. The van der Waals surface area contributed by atoms with E-state index in [1.165, 1.54) is 0 Å². The molecule has 3 heteroatoms. The first kappa shape index (κ1) is 13.1. The normalized spacial score (nSPS) is 11.8. The van der Waals surface area contributed by atoms with Crippen LogP contribution in [0, 0.1) is 0 Å². The molecule has 1 atom stereocenters. The number of amides is 1. The molecule has 92 valence electrons. The van der Waals surface area contributed by atoms with E-state index in [0.717, 1.165) is 9.99 Å². The van der Waals surface area contributed by atoms with E-state index in [0.29, 0.717) is 5.56 Å². The van der Waals surface area contributed by atoms with Crippen molar-refractivity contribution >= 4 is 28.5 Å². The Morgan fingerprint density at radius 1 is 1.00 bits per heavy atom. The van der Waals surface area contributed by atoms with Crippen LogP contribution in [0.5, 0.6) is 0 Å². The molecule has 1 N–H and O–H groups in total. The summed E-state index contributed by atoms with van der Waals surface area (Å²) in [5.41, 5.74) is 1.83. The summed E-state index contributed by atoms with van der Waals surface area (Å²) in [6.07, 6.45) is 0. The van der Waals surface area contributed by atoms with E-state index < -0.39 is 0 Å². The molecule has 0 saturated heterocycles. The number of carbonyl (C=O) groups excluding carboxylic acids is 1. The molecule has 2 aromatic rings. The van der Waals surface area contributed by atoms with Crippen LogP contribution in [-0.4, -0.2) is 10.3 Å². The van der Waals surface area contributed by atoms with E-state index in [1.54, 1.807) is 0 Å². The maximum absolute atomic E-state index is 12.1. The molecule has 0 aliphatic rings. The van der Waals surface area contributed by atoms with Crippen molar-refractivity contribution in [3.63, 3.8) is 0 Å². The van der Waals surface area contributed by atoms with E-state index >= 15 is 0 Å². The van der Waals surface area contributed by atoms with Crippen LogP contribution in [0.25, 0.3) is 0 Å². The highest BCUT2D eigenvalue weighted by molar-refractivity contribution is 14.1. The molecule has 0 unspecified atom stereocenters. The maximum atomic E-state index is 12.1. The van der Waals surface area contributed by atoms with E-state index in [2.05, 4.69) is 27.9 Å². The van der Waals surface area contributed by atoms with Gasteiger partial charge in [-0.2, -0.15) is 0 Å². The van der Waals surface area contributed by atoms with Crippen molar-refractivity contribution in [2.45, 2.75) is 6.04 Å². The quantitative estimate of drug-likeness (QED) is 0.662. The Morgan fingerprint density at radius 2 is 1.56 bits per heavy atom. The van der Waals surface area contributed by atoms with Crippen LogP contribution < -0.4 is 5.32 Å². The van der Waals surface area contributed by atoms with Crippen LogP contribution in [0.15, 0.2) is 60.7 Å². The van der Waals surface area contributed by atoms with Gasteiger partial charge in [0.1, 0.15) is 0 Å². The van der Waals surface area contributed by atoms with E-state index in [9.17, 15) is 4.79 Å². The van der Waals surface area contributed by atoms with Gasteiger partial charge in [-0.1, -0.05) is 71.1 Å². The lowest BCUT2D eigenvalue weighted by Crippen LogP contribution is -2.29. The zero-order valence-corrected chi connectivity index (χ0v) is 12.0. The van der Waals surface area contributed by atoms with Gasteiger partial charge < -0.3 is 5.32 Å². The summed E-state index contributed by atoms with van der Waals surface area (Å²) in [5.74, 6) is -0.0267. The summed E-state index contributed by atoms with van der Waals surface area (Å²) >= 11 is 2.29. The fraction of sp³-hybridized carbons (Fsp3) is 0.133. The van der Waals surface area contributed by atoms with Crippen molar-refractivity contribution in [2.75, 3.05) is 4.43 Å². The summed E-state index contributed by atoms with van der Waals surface area (Å²) < 4.78 is 0.848. The van der Waals surface area contributed by atoms with Gasteiger partial charge in [0, 0.05) is 9.99 Å². The third-order valence-corrected chi connectivity index (χ3v) is 3.58. The molecule has 18 heavy (non-hydrogen) atoms. The lowest BCUT2D eigenvalue weighted by atomic mass is 10.1. The molecular weight excluding hydrogens is 337 g/mol. The first-order valence-corrected chi connectivity index (χ1v) is 7.30. The first-order chi connectivity index (χ1) is 8.81. The zero-order valence-electron chi connectivity index (χ0n) is 9.84. The molecule has 0 radical (unpaired) electrons. The molecule has 0 aliphatic heterocycles. The van der Waals surface area contributed by atoms with E-state index in [-0.39, 0.29) is 11.9 Å². The van der Waals surface area contributed by atoms with Crippen molar-refractivity contribution in [3.05, 3.63) is 71.8 Å². The summed E-state index contributed by atoms with van der Waals surface area (Å²) in [4.78, 5) is 12.1. The fourth-order valence-electron chi connectivity index (χ4n) is 1.73. The number of alkyl halides is 1. The Kier molecular flexibility index (Phi) is 4.75. The average molecular weight is 351 g/mol. The molecule has 2 nitrogen and oxygen atoms in total. The number of carbonyl (C=O) groups is 1. The molecule has 0 aromatic heterocycles. The van der Waals surface area contributed by atoms with Crippen LogP contribution in [0.3, 0.4) is 0 Å². The van der Waals surface area contributed by atoms with Crippen molar-refractivity contribution in [1.29, 1.82) is 0 Å². The monoisotopic (exact) mass is 351 g/mol. The van der Waals surface area contributed by atoms with Gasteiger partial charge in [0.15, 0.2) is 0 Å². The van der Waals surface area contributed by atoms with Crippen molar-refractivity contribution in [3.8, 4) is 0 Å². The first-order valence-electron chi connectivity index (χ1n) is 5.78. The topological polar surface area (TPSA) is 29.1 Å². The highest BCUT2D eigenvalue weighted by Crippen LogP contribution is 2.16. The minimum Gasteiger partial charge on any atom is -0.344 e. The number of hydrogen-bond acceptors (Lipinski definition) is 1. The number of rotatable bonds is 4. The molecular formula is C15H14INO. The third-order valence-electron chi connectivity index (χ3n) is 2.70. The van der Waals surface area contributed by atoms with Gasteiger partial charge >= 0.3 is 0 Å². The molecule has 2 rings (SSSR count). The molecule has 0 fully saturated rings. The van der Waals surface area contributed by atoms with Crippen LogP contribution in [0.2, 0.25) is 0 Å². The largest absolute Gasteiger partial charge is 0.344 e. The van der Waals surface area contributed by atoms with E-state index in [1.807, 2.05) is 60.7 Å². The Hall–Kier alpha value is -1.36. The molecule has 0 bridgehead atoms. The zero-order chi connectivity index (χ0) is 12.8. The van der Waals surface area contributed by atoms with Gasteiger partial charge in [-0.15, -0.1) is 0 Å². The van der Waals surface area contributed by atoms with E-state index in [4.69, 9.17) is 0 Å². The minimum atomic E-state index is -0.0267. The summed E-state index contributed by atoms with van der Waals surface area (Å²) in [7, 11) is 0. The molecule has 1 amide bonds. The number of benzene rings is 2. The van der Waals surface area contributed by atoms with Crippen molar-refractivity contribution in [2.24, 2.45) is 0 Å². The highest BCUT2D eigenvalue weighted by Gasteiger charge is 2.13.